The Labute approximate surface area is 242 Å². The molecule has 4 aromatic carbocycles. The second-order valence-electron chi connectivity index (χ2n) is 8.07. The number of thiocarbonyl (C=S) groups is 1. The van der Waals surface area contributed by atoms with E-state index < -0.39 is 11.8 Å². The van der Waals surface area contributed by atoms with Crippen molar-refractivity contribution in [2.75, 3.05) is 13.2 Å². The fourth-order valence-electron chi connectivity index (χ4n) is 3.56. The minimum absolute atomic E-state index is 0.0783. The van der Waals surface area contributed by atoms with E-state index in [-0.39, 0.29) is 11.7 Å². The first-order valence-electron chi connectivity index (χ1n) is 11.6. The zero-order valence-electron chi connectivity index (χ0n) is 20.0. The van der Waals surface area contributed by atoms with Gasteiger partial charge in [0, 0.05) is 10.9 Å². The number of fused-ring (bicyclic) bond motifs is 1. The fourth-order valence-corrected chi connectivity index (χ4v) is 4.67. The van der Waals surface area contributed by atoms with Gasteiger partial charge in [0.2, 0.25) is 0 Å². The van der Waals surface area contributed by atoms with Gasteiger partial charge in [-0.15, -0.1) is 0 Å². The molecule has 4 rings (SSSR count). The zero-order chi connectivity index (χ0) is 26.9. The highest BCUT2D eigenvalue weighted by molar-refractivity contribution is 9.11. The Hall–Kier alpha value is -3.47. The normalized spacial score (nSPS) is 10.5. The molecule has 0 atom stereocenters. The van der Waals surface area contributed by atoms with Crippen molar-refractivity contribution in [1.29, 1.82) is 0 Å². The lowest BCUT2D eigenvalue weighted by Gasteiger charge is -2.14. The molecule has 7 nitrogen and oxygen atoms in total. The summed E-state index contributed by atoms with van der Waals surface area (Å²) in [6, 6.07) is 26.6. The van der Waals surface area contributed by atoms with Crippen molar-refractivity contribution >= 4 is 71.8 Å². The van der Waals surface area contributed by atoms with Crippen LogP contribution < -0.4 is 25.6 Å². The predicted octanol–water partition coefficient (Wildman–Crippen LogP) is 5.70. The molecule has 10 heteroatoms. The number of hydrogen-bond donors (Lipinski definition) is 3. The Morgan fingerprint density at radius 2 is 1.55 bits per heavy atom. The van der Waals surface area contributed by atoms with Crippen LogP contribution in [0.1, 0.15) is 15.9 Å². The average Bonchev–Trinajstić information content (AvgIpc) is 2.93. The maximum Gasteiger partial charge on any atom is 0.276 e. The summed E-state index contributed by atoms with van der Waals surface area (Å²) in [6.07, 6.45) is 0.696. The second kappa shape index (κ2) is 13.4. The van der Waals surface area contributed by atoms with Crippen LogP contribution in [-0.4, -0.2) is 30.1 Å². The summed E-state index contributed by atoms with van der Waals surface area (Å²) in [7, 11) is 0. The smallest absolute Gasteiger partial charge is 0.276 e. The van der Waals surface area contributed by atoms with Gasteiger partial charge < -0.3 is 9.47 Å². The molecule has 0 fully saturated rings. The molecule has 0 radical (unpaired) electrons. The predicted molar refractivity (Wildman–Crippen MR) is 158 cm³/mol. The van der Waals surface area contributed by atoms with Gasteiger partial charge >= 0.3 is 0 Å². The van der Waals surface area contributed by atoms with Crippen LogP contribution in [0, 0.1) is 0 Å². The number of carbonyl (C=O) groups excluding carboxylic acids is 2. The average molecular weight is 657 g/mol. The second-order valence-corrected chi connectivity index (χ2v) is 10.2. The van der Waals surface area contributed by atoms with Crippen molar-refractivity contribution < 1.29 is 19.1 Å². The van der Waals surface area contributed by atoms with Crippen molar-refractivity contribution in [3.63, 3.8) is 0 Å². The third kappa shape index (κ3) is 7.53. The van der Waals surface area contributed by atoms with E-state index >= 15 is 0 Å². The molecule has 0 heterocycles. The van der Waals surface area contributed by atoms with Crippen molar-refractivity contribution in [2.24, 2.45) is 0 Å². The van der Waals surface area contributed by atoms with Crippen LogP contribution in [0.4, 0.5) is 0 Å². The molecular formula is C28H23Br2N3O4S. The Morgan fingerprint density at radius 1 is 0.816 bits per heavy atom. The quantitative estimate of drug-likeness (QED) is 0.167. The number of nitrogens with one attached hydrogen (secondary N) is 3. The van der Waals surface area contributed by atoms with Crippen molar-refractivity contribution in [3.05, 3.63) is 105 Å². The monoisotopic (exact) mass is 655 g/mol. The van der Waals surface area contributed by atoms with Gasteiger partial charge in [-0.25, -0.2) is 0 Å². The summed E-state index contributed by atoms with van der Waals surface area (Å²) in [6.45, 7) is 0.142. The van der Waals surface area contributed by atoms with E-state index in [0.29, 0.717) is 34.6 Å². The Balaban J connectivity index is 1.26. The number of hydrogen-bond acceptors (Lipinski definition) is 5. The molecule has 0 aliphatic heterocycles. The first kappa shape index (κ1) is 27.6. The van der Waals surface area contributed by atoms with E-state index in [2.05, 4.69) is 48.0 Å². The molecule has 3 N–H and O–H groups in total. The van der Waals surface area contributed by atoms with Gasteiger partial charge in [0.15, 0.2) is 11.7 Å². The number of carbonyl (C=O) groups is 2. The lowest BCUT2D eigenvalue weighted by atomic mass is 10.1. The van der Waals surface area contributed by atoms with Gasteiger partial charge in [-0.05, 0) is 68.7 Å². The molecule has 0 spiro atoms. The number of hydrazine groups is 1. The molecule has 0 aliphatic rings. The molecule has 0 unspecified atom stereocenters. The highest BCUT2D eigenvalue weighted by atomic mass is 79.9. The standard InChI is InChI=1S/C28H23Br2N3O4S/c29-20-11-13-23(36-15-14-18-6-2-1-3-7-18)22(16-20)27(35)31-28(38)33-32-25(34)17-37-24-12-10-19-8-4-5-9-21(19)26(24)30/h1-13,16H,14-15,17H2,(H,32,34)(H2,31,33,35,38). The molecule has 0 bridgehead atoms. The maximum atomic E-state index is 12.9. The number of halogens is 2. The van der Waals surface area contributed by atoms with E-state index in [1.165, 1.54) is 0 Å². The molecular weight excluding hydrogens is 634 g/mol. The lowest BCUT2D eigenvalue weighted by Crippen LogP contribution is -2.49. The number of ether oxygens (including phenoxy) is 2. The summed E-state index contributed by atoms with van der Waals surface area (Å²) in [5.41, 5.74) is 6.37. The molecule has 2 amide bonds. The Bertz CT molecular complexity index is 1470. The minimum atomic E-state index is -0.482. The van der Waals surface area contributed by atoms with Crippen LogP contribution in [0.2, 0.25) is 0 Å². The maximum absolute atomic E-state index is 12.9. The molecule has 0 aromatic heterocycles. The minimum Gasteiger partial charge on any atom is -0.492 e. The molecule has 4 aromatic rings. The van der Waals surface area contributed by atoms with E-state index in [4.69, 9.17) is 21.7 Å². The van der Waals surface area contributed by atoms with Gasteiger partial charge in [-0.2, -0.15) is 0 Å². The van der Waals surface area contributed by atoms with Crippen LogP contribution >= 0.6 is 44.1 Å². The van der Waals surface area contributed by atoms with Crippen molar-refractivity contribution in [2.45, 2.75) is 6.42 Å². The van der Waals surface area contributed by atoms with Crippen LogP contribution in [0.25, 0.3) is 10.8 Å². The summed E-state index contributed by atoms with van der Waals surface area (Å²) < 4.78 is 13.0. The highest BCUT2D eigenvalue weighted by Gasteiger charge is 2.16. The van der Waals surface area contributed by atoms with E-state index in [1.807, 2.05) is 60.7 Å². The molecule has 0 aliphatic carbocycles. The first-order chi connectivity index (χ1) is 18.4. The summed E-state index contributed by atoms with van der Waals surface area (Å²) in [5, 5.41) is 4.50. The Morgan fingerprint density at radius 3 is 2.37 bits per heavy atom. The highest BCUT2D eigenvalue weighted by Crippen LogP contribution is 2.33. The number of rotatable bonds is 8. The fraction of sp³-hybridized carbons (Fsp3) is 0.107. The summed E-state index contributed by atoms with van der Waals surface area (Å²) in [5.74, 6) is -0.00911. The first-order valence-corrected chi connectivity index (χ1v) is 13.6. The van der Waals surface area contributed by atoms with Crippen molar-refractivity contribution in [1.82, 2.24) is 16.2 Å². The Kier molecular flexibility index (Phi) is 9.69. The van der Waals surface area contributed by atoms with Crippen LogP contribution in [0.15, 0.2) is 93.9 Å². The third-order valence-electron chi connectivity index (χ3n) is 5.41. The van der Waals surface area contributed by atoms with Crippen LogP contribution in [0.3, 0.4) is 0 Å². The lowest BCUT2D eigenvalue weighted by molar-refractivity contribution is -0.123. The van der Waals surface area contributed by atoms with Crippen molar-refractivity contribution in [3.8, 4) is 11.5 Å². The van der Waals surface area contributed by atoms with Gasteiger partial charge in [-0.3, -0.25) is 25.8 Å². The van der Waals surface area contributed by atoms with Gasteiger partial charge in [0.05, 0.1) is 16.6 Å². The molecule has 0 saturated heterocycles. The van der Waals surface area contributed by atoms with Gasteiger partial charge in [-0.1, -0.05) is 76.6 Å². The number of benzene rings is 4. The van der Waals surface area contributed by atoms with E-state index in [0.717, 1.165) is 20.8 Å². The van der Waals surface area contributed by atoms with E-state index in [1.54, 1.807) is 24.3 Å². The van der Waals surface area contributed by atoms with Gasteiger partial charge in [0.1, 0.15) is 11.5 Å². The molecule has 194 valence electrons. The molecule has 38 heavy (non-hydrogen) atoms. The summed E-state index contributed by atoms with van der Waals surface area (Å²) in [4.78, 5) is 25.2. The van der Waals surface area contributed by atoms with Gasteiger partial charge in [0.25, 0.3) is 11.8 Å². The number of amides is 2. The third-order valence-corrected chi connectivity index (χ3v) is 6.92. The largest absolute Gasteiger partial charge is 0.492 e. The summed E-state index contributed by atoms with van der Waals surface area (Å²) >= 11 is 12.1. The van der Waals surface area contributed by atoms with Crippen LogP contribution in [-0.2, 0) is 11.2 Å². The molecule has 0 saturated carbocycles. The SMILES string of the molecule is O=C(COc1ccc2ccccc2c1Br)NNC(=S)NC(=O)c1cc(Br)ccc1OCCc1ccccc1. The van der Waals surface area contributed by atoms with E-state index in [9.17, 15) is 9.59 Å². The van der Waals surface area contributed by atoms with Crippen LogP contribution in [0.5, 0.6) is 11.5 Å². The topological polar surface area (TPSA) is 88.7 Å². The zero-order valence-corrected chi connectivity index (χ0v) is 24.0.